The van der Waals surface area contributed by atoms with E-state index in [1.165, 1.54) is 22.5 Å². The first-order chi connectivity index (χ1) is 12.8. The number of hydrogen-bond acceptors (Lipinski definition) is 5. The van der Waals surface area contributed by atoms with Gasteiger partial charge in [0.1, 0.15) is 0 Å². The van der Waals surface area contributed by atoms with E-state index < -0.39 is 33.9 Å². The molecule has 0 radical (unpaired) electrons. The summed E-state index contributed by atoms with van der Waals surface area (Å²) in [5.74, 6) is -2.22. The molecule has 9 heteroatoms. The van der Waals surface area contributed by atoms with Gasteiger partial charge in [0, 0.05) is 0 Å². The van der Waals surface area contributed by atoms with Crippen LogP contribution in [0, 0.1) is 29.9 Å². The van der Waals surface area contributed by atoms with Crippen LogP contribution in [0.1, 0.15) is 11.1 Å². The van der Waals surface area contributed by atoms with Crippen LogP contribution in [-0.2, 0) is 10.0 Å². The van der Waals surface area contributed by atoms with E-state index in [0.717, 1.165) is 12.1 Å². The zero-order chi connectivity index (χ0) is 19.3. The Morgan fingerprint density at radius 2 is 1.63 bits per heavy atom. The molecule has 0 spiro atoms. The molecule has 0 N–H and O–H groups in total. The number of nitrogens with zero attached hydrogens (tertiary/aromatic N) is 2. The van der Waals surface area contributed by atoms with Crippen molar-refractivity contribution in [2.75, 3.05) is 13.1 Å². The molecule has 6 nitrogen and oxygen atoms in total. The molecule has 2 aromatic carbocycles. The number of sulfonamides is 1. The van der Waals surface area contributed by atoms with Crippen LogP contribution in [0.5, 0.6) is 11.5 Å². The van der Waals surface area contributed by atoms with Crippen LogP contribution in [0.25, 0.3) is 0 Å². The van der Waals surface area contributed by atoms with Gasteiger partial charge in [-0.2, -0.15) is 9.57 Å². The molecule has 0 bridgehead atoms. The van der Waals surface area contributed by atoms with Gasteiger partial charge < -0.3 is 9.47 Å². The molecular formula is C18H14F2N2O4S. The third kappa shape index (κ3) is 2.81. The highest BCUT2D eigenvalue weighted by atomic mass is 32.2. The van der Waals surface area contributed by atoms with E-state index in [1.54, 1.807) is 6.92 Å². The Morgan fingerprint density at radius 3 is 2.11 bits per heavy atom. The summed E-state index contributed by atoms with van der Waals surface area (Å²) in [7, 11) is -3.88. The topological polar surface area (TPSA) is 79.6 Å². The lowest BCUT2D eigenvalue weighted by molar-refractivity contribution is 0.0467. The molecule has 0 saturated carbocycles. The van der Waals surface area contributed by atoms with E-state index in [0.29, 0.717) is 11.1 Å². The predicted octanol–water partition coefficient (Wildman–Crippen LogP) is 2.36. The SMILES string of the molecule is Cc1cc(C#N)ccc1S(=O)(=O)N1C[C@@H]2Oc3c(F)ccc(F)c3O[C@@H]2C1. The molecule has 2 atom stereocenters. The second kappa shape index (κ2) is 6.18. The Balaban J connectivity index is 1.63. The summed E-state index contributed by atoms with van der Waals surface area (Å²) >= 11 is 0. The Bertz CT molecular complexity index is 1040. The molecule has 0 aliphatic carbocycles. The van der Waals surface area contributed by atoms with Crippen LogP contribution in [-0.4, -0.2) is 38.0 Å². The third-order valence-corrected chi connectivity index (χ3v) is 6.65. The molecule has 2 aliphatic heterocycles. The molecule has 1 fully saturated rings. The number of rotatable bonds is 2. The minimum atomic E-state index is -3.88. The number of nitriles is 1. The summed E-state index contributed by atoms with van der Waals surface area (Å²) in [5.41, 5.74) is 0.792. The van der Waals surface area contributed by atoms with E-state index in [9.17, 15) is 17.2 Å². The molecule has 1 saturated heterocycles. The van der Waals surface area contributed by atoms with E-state index in [1.807, 2.05) is 6.07 Å². The second-order valence-corrected chi connectivity index (χ2v) is 8.32. The predicted molar refractivity (Wildman–Crippen MR) is 89.8 cm³/mol. The van der Waals surface area contributed by atoms with Crippen LogP contribution in [0.2, 0.25) is 0 Å². The van der Waals surface area contributed by atoms with Gasteiger partial charge in [0.05, 0.1) is 29.6 Å². The maximum atomic E-state index is 13.9. The lowest BCUT2D eigenvalue weighted by atomic mass is 10.2. The summed E-state index contributed by atoms with van der Waals surface area (Å²) in [5, 5.41) is 8.93. The highest BCUT2D eigenvalue weighted by Gasteiger charge is 2.46. The van der Waals surface area contributed by atoms with Gasteiger partial charge in [0.25, 0.3) is 0 Å². The van der Waals surface area contributed by atoms with Crippen molar-refractivity contribution in [1.29, 1.82) is 5.26 Å². The Labute approximate surface area is 154 Å². The van der Waals surface area contributed by atoms with Crippen LogP contribution < -0.4 is 9.47 Å². The Kier molecular flexibility index (Phi) is 4.05. The fourth-order valence-corrected chi connectivity index (χ4v) is 4.99. The van der Waals surface area contributed by atoms with Crippen molar-refractivity contribution in [3.05, 3.63) is 53.1 Å². The fourth-order valence-electron chi connectivity index (χ4n) is 3.32. The minimum absolute atomic E-state index is 0.0537. The van der Waals surface area contributed by atoms with Gasteiger partial charge in [0.2, 0.25) is 21.5 Å². The number of benzene rings is 2. The Hall–Kier alpha value is -2.70. The van der Waals surface area contributed by atoms with Gasteiger partial charge in [0.15, 0.2) is 23.8 Å². The van der Waals surface area contributed by atoms with Crippen molar-refractivity contribution in [1.82, 2.24) is 4.31 Å². The van der Waals surface area contributed by atoms with Crippen LogP contribution in [0.4, 0.5) is 8.78 Å². The quantitative estimate of drug-likeness (QED) is 0.784. The highest BCUT2D eigenvalue weighted by Crippen LogP contribution is 2.41. The zero-order valence-corrected chi connectivity index (χ0v) is 15.0. The number of halogens is 2. The average molecular weight is 392 g/mol. The molecule has 140 valence electrons. The second-order valence-electron chi connectivity index (χ2n) is 6.41. The van der Waals surface area contributed by atoms with Crippen molar-refractivity contribution in [2.45, 2.75) is 24.0 Å². The maximum absolute atomic E-state index is 13.9. The molecule has 0 unspecified atom stereocenters. The number of hydrogen-bond donors (Lipinski definition) is 0. The van der Waals surface area contributed by atoms with Gasteiger partial charge in [-0.1, -0.05) is 0 Å². The minimum Gasteiger partial charge on any atom is -0.478 e. The monoisotopic (exact) mass is 392 g/mol. The van der Waals surface area contributed by atoms with Crippen molar-refractivity contribution in [3.63, 3.8) is 0 Å². The molecule has 2 aliphatic rings. The summed E-state index contributed by atoms with van der Waals surface area (Å²) in [6, 6.07) is 8.11. The lowest BCUT2D eigenvalue weighted by Crippen LogP contribution is -2.39. The number of fused-ring (bicyclic) bond motifs is 2. The van der Waals surface area contributed by atoms with E-state index in [-0.39, 0.29) is 29.5 Å². The molecule has 0 amide bonds. The summed E-state index contributed by atoms with van der Waals surface area (Å²) in [6.07, 6.45) is -1.50. The number of aryl methyl sites for hydroxylation is 1. The normalized spacial score (nSPS) is 21.6. The van der Waals surface area contributed by atoms with Crippen molar-refractivity contribution in [2.24, 2.45) is 0 Å². The van der Waals surface area contributed by atoms with E-state index in [4.69, 9.17) is 14.7 Å². The molecule has 2 aromatic rings. The number of ether oxygens (including phenoxy) is 2. The maximum Gasteiger partial charge on any atom is 0.243 e. The average Bonchev–Trinajstić information content (AvgIpc) is 3.07. The molecule has 27 heavy (non-hydrogen) atoms. The van der Waals surface area contributed by atoms with Crippen LogP contribution >= 0.6 is 0 Å². The summed E-state index contributed by atoms with van der Waals surface area (Å²) in [6.45, 7) is 1.49. The van der Waals surface area contributed by atoms with Gasteiger partial charge in [-0.3, -0.25) is 0 Å². The third-order valence-electron chi connectivity index (χ3n) is 4.66. The Morgan fingerprint density at radius 1 is 1.07 bits per heavy atom. The smallest absolute Gasteiger partial charge is 0.243 e. The van der Waals surface area contributed by atoms with Gasteiger partial charge in [-0.05, 0) is 42.8 Å². The van der Waals surface area contributed by atoms with Gasteiger partial charge in [-0.25, -0.2) is 17.2 Å². The standard InChI is InChI=1S/C18H14F2N2O4S/c1-10-6-11(7-21)2-5-16(10)27(23,24)22-8-14-15(9-22)26-18-13(20)4-3-12(19)17(18)25-14/h2-6,14-15H,8-9H2,1H3/t14-,15+. The first-order valence-electron chi connectivity index (χ1n) is 8.13. The van der Waals surface area contributed by atoms with E-state index in [2.05, 4.69) is 0 Å². The largest absolute Gasteiger partial charge is 0.478 e. The van der Waals surface area contributed by atoms with E-state index >= 15 is 0 Å². The highest BCUT2D eigenvalue weighted by molar-refractivity contribution is 7.89. The van der Waals surface area contributed by atoms with Crippen LogP contribution in [0.3, 0.4) is 0 Å². The molecular weight excluding hydrogens is 378 g/mol. The molecule has 2 heterocycles. The fraction of sp³-hybridized carbons (Fsp3) is 0.278. The van der Waals surface area contributed by atoms with Gasteiger partial charge in [-0.15, -0.1) is 0 Å². The summed E-state index contributed by atoms with van der Waals surface area (Å²) in [4.78, 5) is 0.0648. The zero-order valence-electron chi connectivity index (χ0n) is 14.1. The lowest BCUT2D eigenvalue weighted by Gasteiger charge is -2.28. The van der Waals surface area contributed by atoms with Crippen molar-refractivity contribution in [3.8, 4) is 17.6 Å². The first kappa shape index (κ1) is 17.7. The molecule has 4 rings (SSSR count). The van der Waals surface area contributed by atoms with Crippen molar-refractivity contribution >= 4 is 10.0 Å². The molecule has 0 aromatic heterocycles. The summed E-state index contributed by atoms with van der Waals surface area (Å²) < 4.78 is 66.0. The van der Waals surface area contributed by atoms with Crippen LogP contribution in [0.15, 0.2) is 35.2 Å². The first-order valence-corrected chi connectivity index (χ1v) is 9.57. The van der Waals surface area contributed by atoms with Gasteiger partial charge >= 0.3 is 0 Å². The van der Waals surface area contributed by atoms with Crippen molar-refractivity contribution < 1.29 is 26.7 Å².